The van der Waals surface area contributed by atoms with Gasteiger partial charge in [-0.15, -0.1) is 0 Å². The molecule has 2 rings (SSSR count). The summed E-state index contributed by atoms with van der Waals surface area (Å²) >= 11 is 0. The Hall–Kier alpha value is -3.09. The molecule has 0 amide bonds. The molecule has 0 aliphatic carbocycles. The predicted octanol–water partition coefficient (Wildman–Crippen LogP) is 3.08. The van der Waals surface area contributed by atoms with Crippen LogP contribution in [0.5, 0.6) is 5.75 Å². The van der Waals surface area contributed by atoms with Crippen molar-refractivity contribution < 1.29 is 10.0 Å². The lowest BCUT2D eigenvalue weighted by Gasteiger charge is -1.92. The van der Waals surface area contributed by atoms with Crippen molar-refractivity contribution in [1.82, 2.24) is 0 Å². The molecule has 0 unspecified atom stereocenters. The molecule has 20 heavy (non-hydrogen) atoms. The van der Waals surface area contributed by atoms with Crippen LogP contribution in [0.3, 0.4) is 0 Å². The minimum Gasteiger partial charge on any atom is -0.504 e. The number of hydrogen-bond donors (Lipinski definition) is 1. The molecule has 0 saturated carbocycles. The molecule has 0 spiro atoms. The molecule has 0 heterocycles. The topological polar surface area (TPSA) is 105 Å². The highest BCUT2D eigenvalue weighted by Gasteiger charge is 2.04. The van der Waals surface area contributed by atoms with Crippen LogP contribution < -0.4 is 5.43 Å². The van der Waals surface area contributed by atoms with E-state index in [4.69, 9.17) is 0 Å². The van der Waals surface area contributed by atoms with Crippen molar-refractivity contribution in [3.8, 4) is 5.75 Å². The summed E-state index contributed by atoms with van der Waals surface area (Å²) in [5.41, 5.74) is -0.144. The molecule has 0 bridgehead atoms. The highest BCUT2D eigenvalue weighted by molar-refractivity contribution is 5.47. The highest BCUT2D eigenvalue weighted by atomic mass is 16.6. The third-order valence-corrected chi connectivity index (χ3v) is 2.37. The first-order valence-corrected chi connectivity index (χ1v) is 5.56. The first-order chi connectivity index (χ1) is 9.56. The molecular weight excluding hydrogens is 262 g/mol. The van der Waals surface area contributed by atoms with Crippen molar-refractivity contribution in [2.24, 2.45) is 10.2 Å². The minimum absolute atomic E-state index is 0.0952. The number of non-ortho nitro benzene ring substituents is 1. The molecule has 0 atom stereocenters. The van der Waals surface area contributed by atoms with Gasteiger partial charge in [0.15, 0.2) is 5.75 Å². The van der Waals surface area contributed by atoms with Crippen LogP contribution in [-0.4, -0.2) is 10.0 Å². The van der Waals surface area contributed by atoms with E-state index in [1.54, 1.807) is 6.07 Å². The zero-order valence-electron chi connectivity index (χ0n) is 10.1. The van der Waals surface area contributed by atoms with Gasteiger partial charge in [0.2, 0.25) is 5.43 Å². The van der Waals surface area contributed by atoms with E-state index in [0.29, 0.717) is 5.69 Å². The lowest BCUT2D eigenvalue weighted by atomic mass is 10.3. The van der Waals surface area contributed by atoms with Crippen molar-refractivity contribution in [2.75, 3.05) is 0 Å². The molecule has 100 valence electrons. The maximum absolute atomic E-state index is 11.4. The zero-order chi connectivity index (χ0) is 14.5. The van der Waals surface area contributed by atoms with Crippen LogP contribution in [0.2, 0.25) is 0 Å². The van der Waals surface area contributed by atoms with Crippen molar-refractivity contribution >= 4 is 17.1 Å². The number of rotatable bonds is 3. The fourth-order valence-corrected chi connectivity index (χ4v) is 1.42. The Morgan fingerprint density at radius 2 is 1.60 bits per heavy atom. The van der Waals surface area contributed by atoms with Crippen LogP contribution in [0.15, 0.2) is 63.6 Å². The summed E-state index contributed by atoms with van der Waals surface area (Å²) in [6.07, 6.45) is 0. The van der Waals surface area contributed by atoms with Crippen molar-refractivity contribution in [3.05, 3.63) is 68.9 Å². The molecule has 2 aromatic carbocycles. The van der Waals surface area contributed by atoms with E-state index in [0.717, 1.165) is 6.07 Å². The van der Waals surface area contributed by atoms with E-state index in [1.807, 2.05) is 0 Å². The number of nitrogens with zero attached hydrogens (tertiary/aromatic N) is 3. The summed E-state index contributed by atoms with van der Waals surface area (Å²) in [7, 11) is 0. The second-order valence-corrected chi connectivity index (χ2v) is 3.82. The first kappa shape index (κ1) is 13.3. The Morgan fingerprint density at radius 1 is 1.00 bits per heavy atom. The largest absolute Gasteiger partial charge is 0.504 e. The average molecular weight is 271 g/mol. The second kappa shape index (κ2) is 5.70. The number of hydrogen-bond acceptors (Lipinski definition) is 6. The number of aromatic hydroxyl groups is 1. The van der Waals surface area contributed by atoms with Gasteiger partial charge in [0.1, 0.15) is 0 Å². The van der Waals surface area contributed by atoms with Gasteiger partial charge in [-0.05, 0) is 18.2 Å². The van der Waals surface area contributed by atoms with E-state index in [9.17, 15) is 20.0 Å². The zero-order valence-corrected chi connectivity index (χ0v) is 10.1. The van der Waals surface area contributed by atoms with Crippen molar-refractivity contribution in [3.63, 3.8) is 0 Å². The van der Waals surface area contributed by atoms with Gasteiger partial charge >= 0.3 is 0 Å². The standard InChI is InChI=1S/C13H9N3O4/c17-12-6-2-4-10(8-13(12)18)15-14-9-3-1-5-11(7-9)16(19)20/h1-8H,(H,17,18). The summed E-state index contributed by atoms with van der Waals surface area (Å²) < 4.78 is 0. The lowest BCUT2D eigenvalue weighted by molar-refractivity contribution is -0.384. The van der Waals surface area contributed by atoms with Crippen LogP contribution in [0.4, 0.5) is 17.1 Å². The molecule has 0 aliphatic rings. The smallest absolute Gasteiger partial charge is 0.271 e. The molecule has 0 fully saturated rings. The van der Waals surface area contributed by atoms with Gasteiger partial charge in [0.05, 0.1) is 16.3 Å². The minimum atomic E-state index is -0.581. The number of nitro benzene ring substituents is 1. The van der Waals surface area contributed by atoms with Gasteiger partial charge in [-0.1, -0.05) is 12.1 Å². The van der Waals surface area contributed by atoms with Crippen molar-refractivity contribution in [2.45, 2.75) is 0 Å². The molecule has 0 saturated heterocycles. The Kier molecular flexibility index (Phi) is 3.80. The average Bonchev–Trinajstić information content (AvgIpc) is 2.59. The normalized spacial score (nSPS) is 10.6. The van der Waals surface area contributed by atoms with E-state index in [2.05, 4.69) is 10.2 Å². The molecule has 7 nitrogen and oxygen atoms in total. The van der Waals surface area contributed by atoms with E-state index < -0.39 is 10.4 Å². The summed E-state index contributed by atoms with van der Waals surface area (Å²) in [5.74, 6) is -0.387. The number of nitro groups is 1. The summed E-state index contributed by atoms with van der Waals surface area (Å²) in [5, 5.41) is 27.5. The molecule has 0 aromatic heterocycles. The fraction of sp³-hybridized carbons (Fsp3) is 0. The molecule has 2 aromatic rings. The maximum atomic E-state index is 11.4. The quantitative estimate of drug-likeness (QED) is 0.526. The monoisotopic (exact) mass is 271 g/mol. The van der Waals surface area contributed by atoms with Crippen LogP contribution >= 0.6 is 0 Å². The Balaban J connectivity index is 2.32. The van der Waals surface area contributed by atoms with Crippen LogP contribution in [-0.2, 0) is 0 Å². The molecule has 0 radical (unpaired) electrons. The summed E-state index contributed by atoms with van der Waals surface area (Å²) in [6, 6.07) is 11.0. The maximum Gasteiger partial charge on any atom is 0.271 e. The van der Waals surface area contributed by atoms with Gasteiger partial charge in [-0.25, -0.2) is 0 Å². The van der Waals surface area contributed by atoms with Gasteiger partial charge in [-0.2, -0.15) is 10.2 Å². The number of benzene rings is 1. The van der Waals surface area contributed by atoms with Crippen molar-refractivity contribution in [1.29, 1.82) is 0 Å². The van der Waals surface area contributed by atoms with Crippen LogP contribution in [0, 0.1) is 10.1 Å². The molecule has 1 N–H and O–H groups in total. The second-order valence-electron chi connectivity index (χ2n) is 3.82. The number of azo groups is 1. The SMILES string of the molecule is O=c1cc(N=Nc2cccc([N+](=O)[O-])c2)cccc1O. The van der Waals surface area contributed by atoms with Crippen LogP contribution in [0.1, 0.15) is 0 Å². The third kappa shape index (κ3) is 3.22. The van der Waals surface area contributed by atoms with E-state index in [1.165, 1.54) is 36.4 Å². The molecular formula is C13H9N3O4. The van der Waals surface area contributed by atoms with E-state index >= 15 is 0 Å². The van der Waals surface area contributed by atoms with Crippen LogP contribution in [0.25, 0.3) is 0 Å². The fourth-order valence-electron chi connectivity index (χ4n) is 1.42. The highest BCUT2D eigenvalue weighted by Crippen LogP contribution is 2.22. The first-order valence-electron chi connectivity index (χ1n) is 5.56. The Morgan fingerprint density at radius 3 is 2.25 bits per heavy atom. The predicted molar refractivity (Wildman–Crippen MR) is 71.6 cm³/mol. The van der Waals surface area contributed by atoms with Gasteiger partial charge in [0.25, 0.3) is 5.69 Å². The van der Waals surface area contributed by atoms with Gasteiger partial charge in [0, 0.05) is 18.2 Å². The third-order valence-electron chi connectivity index (χ3n) is 2.37. The Labute approximate surface area is 113 Å². The summed E-state index contributed by atoms with van der Waals surface area (Å²) in [6.45, 7) is 0. The lowest BCUT2D eigenvalue weighted by Crippen LogP contribution is -1.91. The molecule has 7 heteroatoms. The van der Waals surface area contributed by atoms with Gasteiger partial charge in [-0.3, -0.25) is 14.9 Å². The van der Waals surface area contributed by atoms with Gasteiger partial charge < -0.3 is 5.11 Å². The molecule has 0 aliphatic heterocycles. The van der Waals surface area contributed by atoms with E-state index in [-0.39, 0.29) is 17.1 Å². The Bertz CT molecular complexity index is 744. The summed E-state index contributed by atoms with van der Waals surface area (Å²) in [4.78, 5) is 21.4.